The molecule has 2 aromatic rings. The van der Waals surface area contributed by atoms with Crippen molar-refractivity contribution in [1.82, 2.24) is 0 Å². The van der Waals surface area contributed by atoms with E-state index in [1.807, 2.05) is 0 Å². The van der Waals surface area contributed by atoms with Crippen LogP contribution in [0.5, 0.6) is 5.75 Å². The van der Waals surface area contributed by atoms with Crippen molar-refractivity contribution in [2.24, 2.45) is 0 Å². The Labute approximate surface area is 160 Å². The van der Waals surface area contributed by atoms with Gasteiger partial charge in [0.2, 0.25) is 11.6 Å². The summed E-state index contributed by atoms with van der Waals surface area (Å²) in [5.41, 5.74) is -0.137. The van der Waals surface area contributed by atoms with Gasteiger partial charge in [0.25, 0.3) is 5.91 Å². The maximum absolute atomic E-state index is 14.1. The molecule has 0 unspecified atom stereocenters. The van der Waals surface area contributed by atoms with Crippen molar-refractivity contribution in [3.05, 3.63) is 53.1 Å². The molecule has 1 saturated heterocycles. The van der Waals surface area contributed by atoms with Crippen LogP contribution in [0.15, 0.2) is 24.3 Å². The van der Waals surface area contributed by atoms with Crippen LogP contribution < -0.4 is 15.0 Å². The maximum atomic E-state index is 14.1. The molecule has 1 heterocycles. The van der Waals surface area contributed by atoms with Gasteiger partial charge in [0.05, 0.1) is 7.11 Å². The Morgan fingerprint density at radius 2 is 1.64 bits per heavy atom. The summed E-state index contributed by atoms with van der Waals surface area (Å²) in [5, 5.41) is 2.26. The van der Waals surface area contributed by atoms with Crippen LogP contribution in [0.2, 0.25) is 0 Å². The molecule has 150 valence electrons. The van der Waals surface area contributed by atoms with Crippen LogP contribution in [-0.4, -0.2) is 25.6 Å². The summed E-state index contributed by atoms with van der Waals surface area (Å²) in [6.45, 7) is 3.06. The number of benzene rings is 2. The third kappa shape index (κ3) is 3.63. The van der Waals surface area contributed by atoms with Gasteiger partial charge in [-0.1, -0.05) is 0 Å². The number of nitrogens with one attached hydrogen (secondary N) is 1. The first-order valence-corrected chi connectivity index (χ1v) is 8.93. The smallest absolute Gasteiger partial charge is 0.261 e. The van der Waals surface area contributed by atoms with E-state index in [1.165, 1.54) is 6.42 Å². The number of ether oxygens (including phenoxy) is 1. The number of nitrogens with zero attached hydrogens (tertiary/aromatic N) is 1. The molecule has 1 fully saturated rings. The lowest BCUT2D eigenvalue weighted by Crippen LogP contribution is -2.37. The Morgan fingerprint density at radius 1 is 1.04 bits per heavy atom. The number of hydrogen-bond donors (Lipinski definition) is 1. The van der Waals surface area contributed by atoms with Crippen molar-refractivity contribution in [1.29, 1.82) is 0 Å². The molecule has 4 nitrogen and oxygen atoms in total. The normalized spacial score (nSPS) is 16.8. The van der Waals surface area contributed by atoms with E-state index in [2.05, 4.69) is 21.9 Å². The molecule has 0 radical (unpaired) electrons. The highest BCUT2D eigenvalue weighted by molar-refractivity contribution is 6.04. The minimum Gasteiger partial charge on any atom is -0.491 e. The Morgan fingerprint density at radius 3 is 2.18 bits per heavy atom. The van der Waals surface area contributed by atoms with E-state index in [0.717, 1.165) is 32.2 Å². The number of halogens is 4. The lowest BCUT2D eigenvalue weighted by Gasteiger charge is -2.35. The first kappa shape index (κ1) is 20.0. The molecule has 1 N–H and O–H groups in total. The van der Waals surface area contributed by atoms with Gasteiger partial charge in [-0.05, 0) is 50.5 Å². The topological polar surface area (TPSA) is 41.6 Å². The molecule has 0 bridgehead atoms. The average Bonchev–Trinajstić information content (AvgIpc) is 2.68. The van der Waals surface area contributed by atoms with Crippen molar-refractivity contribution in [2.45, 2.75) is 32.2 Å². The fraction of sp³-hybridized carbons (Fsp3) is 0.350. The molecular weight excluding hydrogens is 376 g/mol. The number of piperidine rings is 1. The number of carbonyl (C=O) groups is 1. The molecule has 3 rings (SSSR count). The Hall–Kier alpha value is -2.77. The van der Waals surface area contributed by atoms with E-state index in [9.17, 15) is 22.4 Å². The number of carbonyl (C=O) groups excluding carboxylic acids is 1. The second-order valence-electron chi connectivity index (χ2n) is 6.70. The van der Waals surface area contributed by atoms with E-state index >= 15 is 0 Å². The molecule has 0 aromatic heterocycles. The van der Waals surface area contributed by atoms with Crippen LogP contribution >= 0.6 is 0 Å². The minimum atomic E-state index is -1.81. The predicted octanol–water partition coefficient (Wildman–Crippen LogP) is 4.88. The second kappa shape index (κ2) is 8.08. The molecule has 2 aromatic carbocycles. The molecule has 1 aliphatic rings. The lowest BCUT2D eigenvalue weighted by atomic mass is 10.0. The van der Waals surface area contributed by atoms with Crippen molar-refractivity contribution >= 4 is 17.3 Å². The third-order valence-corrected chi connectivity index (χ3v) is 4.91. The monoisotopic (exact) mass is 396 g/mol. The van der Waals surface area contributed by atoms with Crippen LogP contribution in [0.3, 0.4) is 0 Å². The summed E-state index contributed by atoms with van der Waals surface area (Å²) < 4.78 is 60.0. The van der Waals surface area contributed by atoms with Gasteiger partial charge in [0.15, 0.2) is 17.4 Å². The number of hydrogen-bond acceptors (Lipinski definition) is 3. The highest BCUT2D eigenvalue weighted by Gasteiger charge is 2.30. The summed E-state index contributed by atoms with van der Waals surface area (Å²) >= 11 is 0. The first-order valence-electron chi connectivity index (χ1n) is 8.93. The fourth-order valence-electron chi connectivity index (χ4n) is 3.40. The van der Waals surface area contributed by atoms with Crippen molar-refractivity contribution in [2.75, 3.05) is 23.9 Å². The van der Waals surface area contributed by atoms with Crippen LogP contribution in [0, 0.1) is 23.3 Å². The maximum Gasteiger partial charge on any atom is 0.261 e. The zero-order valence-electron chi connectivity index (χ0n) is 15.5. The fourth-order valence-corrected chi connectivity index (χ4v) is 3.40. The molecule has 1 aliphatic heterocycles. The number of amides is 1. The molecule has 0 saturated carbocycles. The predicted molar refractivity (Wildman–Crippen MR) is 97.9 cm³/mol. The molecule has 1 atom stereocenters. The quantitative estimate of drug-likeness (QED) is 0.592. The zero-order valence-corrected chi connectivity index (χ0v) is 15.5. The van der Waals surface area contributed by atoms with Crippen LogP contribution in [0.4, 0.5) is 28.9 Å². The van der Waals surface area contributed by atoms with Gasteiger partial charge in [0, 0.05) is 24.0 Å². The lowest BCUT2D eigenvalue weighted by molar-refractivity contribution is 0.101. The van der Waals surface area contributed by atoms with E-state index < -0.39 is 40.5 Å². The van der Waals surface area contributed by atoms with Gasteiger partial charge in [0.1, 0.15) is 5.56 Å². The van der Waals surface area contributed by atoms with E-state index in [4.69, 9.17) is 0 Å². The molecule has 8 heteroatoms. The van der Waals surface area contributed by atoms with Crippen LogP contribution in [0.25, 0.3) is 0 Å². The zero-order chi connectivity index (χ0) is 20.4. The summed E-state index contributed by atoms with van der Waals surface area (Å²) in [6.07, 6.45) is 3.36. The second-order valence-corrected chi connectivity index (χ2v) is 6.70. The summed E-state index contributed by atoms with van der Waals surface area (Å²) in [5.74, 6) is -9.66. The van der Waals surface area contributed by atoms with Crippen molar-refractivity contribution in [3.8, 4) is 5.75 Å². The summed E-state index contributed by atoms with van der Waals surface area (Å²) in [7, 11) is 0.866. The molecule has 0 spiro atoms. The van der Waals surface area contributed by atoms with Gasteiger partial charge in [-0.3, -0.25) is 4.79 Å². The molecule has 0 aliphatic carbocycles. The van der Waals surface area contributed by atoms with Crippen molar-refractivity contribution in [3.63, 3.8) is 0 Å². The Bertz CT molecular complexity index is 858. The number of rotatable bonds is 4. The van der Waals surface area contributed by atoms with E-state index in [1.54, 1.807) is 24.3 Å². The van der Waals surface area contributed by atoms with E-state index in [0.29, 0.717) is 6.04 Å². The van der Waals surface area contributed by atoms with Crippen LogP contribution in [-0.2, 0) is 0 Å². The Balaban J connectivity index is 1.82. The summed E-state index contributed by atoms with van der Waals surface area (Å²) in [4.78, 5) is 14.5. The van der Waals surface area contributed by atoms with Gasteiger partial charge < -0.3 is 15.0 Å². The first-order chi connectivity index (χ1) is 13.3. The van der Waals surface area contributed by atoms with Gasteiger partial charge in [-0.2, -0.15) is 8.78 Å². The average molecular weight is 396 g/mol. The Kier molecular flexibility index (Phi) is 5.76. The largest absolute Gasteiger partial charge is 0.491 e. The molecule has 1 amide bonds. The van der Waals surface area contributed by atoms with Gasteiger partial charge in [-0.15, -0.1) is 0 Å². The SMILES string of the molecule is COc1c(F)c(F)c(C(=O)Nc2ccc(N3CCCC[C@H]3C)cc2)c(F)c1F. The minimum absolute atomic E-state index is 0.244. The highest BCUT2D eigenvalue weighted by Crippen LogP contribution is 2.31. The number of methoxy groups -OCH3 is 1. The van der Waals surface area contributed by atoms with Crippen LogP contribution in [0.1, 0.15) is 36.5 Å². The molecular formula is C20H20F4N2O2. The number of anilines is 2. The van der Waals surface area contributed by atoms with Crippen molar-refractivity contribution < 1.29 is 27.1 Å². The standard InChI is InChI=1S/C20H20F4N2O2/c1-11-5-3-4-10-26(11)13-8-6-12(7-9-13)25-20(27)14-15(21)17(23)19(28-2)18(24)16(14)22/h6-9,11H,3-5,10H2,1-2H3,(H,25,27)/t11-/m1/s1. The van der Waals surface area contributed by atoms with E-state index in [-0.39, 0.29) is 5.69 Å². The highest BCUT2D eigenvalue weighted by atomic mass is 19.2. The molecule has 28 heavy (non-hydrogen) atoms. The van der Waals surface area contributed by atoms with Gasteiger partial charge in [-0.25, -0.2) is 8.78 Å². The summed E-state index contributed by atoms with van der Waals surface area (Å²) in [6, 6.07) is 7.09. The van der Waals surface area contributed by atoms with Gasteiger partial charge >= 0.3 is 0 Å². The third-order valence-electron chi connectivity index (χ3n) is 4.91.